The van der Waals surface area contributed by atoms with Crippen LogP contribution < -0.4 is 0 Å². The molecule has 1 aromatic carbocycles. The van der Waals surface area contributed by atoms with Gasteiger partial charge in [-0.15, -0.1) is 0 Å². The Balaban J connectivity index is 2.40. The highest BCUT2D eigenvalue weighted by atomic mass is 14.7. The lowest BCUT2D eigenvalue weighted by Crippen LogP contribution is -1.81. The third kappa shape index (κ3) is 1.62. The van der Waals surface area contributed by atoms with Crippen LogP contribution in [-0.4, -0.2) is 4.98 Å². The number of benzene rings is 1. The number of rotatable bonds is 1. The van der Waals surface area contributed by atoms with E-state index in [0.717, 1.165) is 11.3 Å². The molecule has 0 aliphatic heterocycles. The summed E-state index contributed by atoms with van der Waals surface area (Å²) in [6.07, 6.45) is 1.76. The molecule has 0 N–H and O–H groups in total. The van der Waals surface area contributed by atoms with Crippen LogP contribution >= 0.6 is 0 Å². The van der Waals surface area contributed by atoms with E-state index in [9.17, 15) is 0 Å². The Kier molecular flexibility index (Phi) is 2.24. The third-order valence-electron chi connectivity index (χ3n) is 1.97. The Morgan fingerprint density at radius 3 is 2.36 bits per heavy atom. The van der Waals surface area contributed by atoms with Gasteiger partial charge in [-0.3, -0.25) is 4.98 Å². The van der Waals surface area contributed by atoms with Gasteiger partial charge in [0.2, 0.25) is 0 Å². The minimum atomic E-state index is 0.671. The van der Waals surface area contributed by atoms with Crippen molar-refractivity contribution in [2.75, 3.05) is 0 Å². The van der Waals surface area contributed by atoms with Gasteiger partial charge in [0.1, 0.15) is 0 Å². The molecule has 0 aliphatic rings. The lowest BCUT2D eigenvalue weighted by molar-refractivity contribution is 1.32. The van der Waals surface area contributed by atoms with Crippen LogP contribution in [0.15, 0.2) is 48.7 Å². The van der Waals surface area contributed by atoms with Crippen molar-refractivity contribution >= 4 is 0 Å². The molecule has 0 bridgehead atoms. The Morgan fingerprint density at radius 2 is 1.79 bits per heavy atom. The molecule has 0 aliphatic carbocycles. The molecule has 2 rings (SSSR count). The quantitative estimate of drug-likeness (QED) is 0.676. The van der Waals surface area contributed by atoms with Gasteiger partial charge < -0.3 is 0 Å². The highest BCUT2D eigenvalue weighted by molar-refractivity contribution is 5.59. The first-order valence-electron chi connectivity index (χ1n) is 4.32. The Hall–Kier alpha value is -2.14. The average Bonchev–Trinajstić information content (AvgIpc) is 2.30. The zero-order valence-electron chi connectivity index (χ0n) is 7.51. The van der Waals surface area contributed by atoms with E-state index in [1.54, 1.807) is 18.3 Å². The van der Waals surface area contributed by atoms with Crippen molar-refractivity contribution in [2.24, 2.45) is 0 Å². The van der Waals surface area contributed by atoms with Gasteiger partial charge in [-0.05, 0) is 24.3 Å². The van der Waals surface area contributed by atoms with Gasteiger partial charge in [0.05, 0.1) is 17.3 Å². The fourth-order valence-electron chi connectivity index (χ4n) is 1.25. The molecule has 0 spiro atoms. The first kappa shape index (κ1) is 8.46. The molecule has 0 unspecified atom stereocenters. The van der Waals surface area contributed by atoms with Gasteiger partial charge in [0.15, 0.2) is 0 Å². The summed E-state index contributed by atoms with van der Waals surface area (Å²) in [5, 5.41) is 8.63. The Bertz CT molecular complexity index is 452. The highest BCUT2D eigenvalue weighted by Gasteiger charge is 1.96. The van der Waals surface area contributed by atoms with E-state index >= 15 is 0 Å². The molecule has 0 fully saturated rings. The van der Waals surface area contributed by atoms with E-state index in [1.807, 2.05) is 30.3 Å². The molecule has 2 heteroatoms. The summed E-state index contributed by atoms with van der Waals surface area (Å²) < 4.78 is 0. The molecule has 2 nitrogen and oxygen atoms in total. The first-order chi connectivity index (χ1) is 6.90. The van der Waals surface area contributed by atoms with E-state index in [0.29, 0.717) is 5.56 Å². The maximum atomic E-state index is 8.63. The van der Waals surface area contributed by atoms with E-state index < -0.39 is 0 Å². The van der Waals surface area contributed by atoms with Gasteiger partial charge >= 0.3 is 0 Å². The normalized spacial score (nSPS) is 9.36. The molecule has 1 aromatic heterocycles. The van der Waals surface area contributed by atoms with Gasteiger partial charge in [-0.2, -0.15) is 5.26 Å². The lowest BCUT2D eigenvalue weighted by atomic mass is 10.1. The maximum Gasteiger partial charge on any atom is 0.0991 e. The summed E-state index contributed by atoms with van der Waals surface area (Å²) in [6.45, 7) is 0. The number of aromatic nitrogens is 1. The second kappa shape index (κ2) is 3.71. The Labute approximate surface area is 82.5 Å². The topological polar surface area (TPSA) is 36.7 Å². The van der Waals surface area contributed by atoms with Crippen LogP contribution in [0, 0.1) is 11.3 Å². The van der Waals surface area contributed by atoms with Crippen molar-refractivity contribution in [3.05, 3.63) is 54.2 Å². The number of nitriles is 1. The number of nitrogens with zero attached hydrogens (tertiary/aromatic N) is 2. The summed E-state index contributed by atoms with van der Waals surface area (Å²) in [7, 11) is 0. The van der Waals surface area contributed by atoms with Crippen molar-refractivity contribution in [1.29, 1.82) is 5.26 Å². The molecule has 0 amide bonds. The van der Waals surface area contributed by atoms with E-state index in [-0.39, 0.29) is 0 Å². The molecule has 1 heterocycles. The molecule has 66 valence electrons. The number of hydrogen-bond donors (Lipinski definition) is 0. The maximum absolute atomic E-state index is 8.63. The molecule has 0 saturated heterocycles. The average molecular weight is 180 g/mol. The van der Waals surface area contributed by atoms with Crippen molar-refractivity contribution in [1.82, 2.24) is 4.98 Å². The second-order valence-electron chi connectivity index (χ2n) is 2.90. The molecule has 2 aromatic rings. The van der Waals surface area contributed by atoms with Gasteiger partial charge in [-0.1, -0.05) is 18.2 Å². The van der Waals surface area contributed by atoms with Crippen LogP contribution in [0.5, 0.6) is 0 Å². The fourth-order valence-corrected chi connectivity index (χ4v) is 1.25. The fraction of sp³-hybridized carbons (Fsp3) is 0. The zero-order valence-corrected chi connectivity index (χ0v) is 7.51. The summed E-state index contributed by atoms with van der Waals surface area (Å²) >= 11 is 0. The summed E-state index contributed by atoms with van der Waals surface area (Å²) in [6, 6.07) is 15.3. The zero-order chi connectivity index (χ0) is 9.80. The van der Waals surface area contributed by atoms with Crippen molar-refractivity contribution in [2.45, 2.75) is 0 Å². The van der Waals surface area contributed by atoms with Crippen molar-refractivity contribution in [3.8, 4) is 17.3 Å². The largest absolute Gasteiger partial charge is 0.256 e. The molecule has 0 saturated carbocycles. The lowest BCUT2D eigenvalue weighted by Gasteiger charge is -1.98. The predicted molar refractivity (Wildman–Crippen MR) is 54.4 cm³/mol. The molecule has 0 atom stereocenters. The molecule has 14 heavy (non-hydrogen) atoms. The van der Waals surface area contributed by atoms with Crippen LogP contribution in [0.25, 0.3) is 11.3 Å². The van der Waals surface area contributed by atoms with Crippen LogP contribution in [0.1, 0.15) is 5.56 Å². The SMILES string of the molecule is N#Cc1ccc(-c2ccccn2)cc1. The molecule has 0 radical (unpaired) electrons. The van der Waals surface area contributed by atoms with Crippen molar-refractivity contribution in [3.63, 3.8) is 0 Å². The highest BCUT2D eigenvalue weighted by Crippen LogP contribution is 2.16. The van der Waals surface area contributed by atoms with E-state index in [1.165, 1.54) is 0 Å². The van der Waals surface area contributed by atoms with Crippen LogP contribution in [-0.2, 0) is 0 Å². The molecular formula is C12H8N2. The van der Waals surface area contributed by atoms with Crippen LogP contribution in [0.2, 0.25) is 0 Å². The summed E-state index contributed by atoms with van der Waals surface area (Å²) in [5.74, 6) is 0. The van der Waals surface area contributed by atoms with Gasteiger partial charge in [0.25, 0.3) is 0 Å². The predicted octanol–water partition coefficient (Wildman–Crippen LogP) is 2.62. The smallest absolute Gasteiger partial charge is 0.0991 e. The molecular weight excluding hydrogens is 172 g/mol. The summed E-state index contributed by atoms with van der Waals surface area (Å²) in [4.78, 5) is 4.22. The standard InChI is InChI=1S/C12H8N2/c13-9-10-4-6-11(7-5-10)12-3-1-2-8-14-12/h1-8H. The Morgan fingerprint density at radius 1 is 1.00 bits per heavy atom. The number of hydrogen-bond acceptors (Lipinski definition) is 2. The number of pyridine rings is 1. The van der Waals surface area contributed by atoms with Crippen LogP contribution in [0.3, 0.4) is 0 Å². The van der Waals surface area contributed by atoms with Gasteiger partial charge in [0, 0.05) is 11.8 Å². The van der Waals surface area contributed by atoms with Crippen molar-refractivity contribution < 1.29 is 0 Å². The minimum Gasteiger partial charge on any atom is -0.256 e. The van der Waals surface area contributed by atoms with E-state index in [4.69, 9.17) is 5.26 Å². The summed E-state index contributed by atoms with van der Waals surface area (Å²) in [5.41, 5.74) is 2.63. The third-order valence-corrected chi connectivity index (χ3v) is 1.97. The second-order valence-corrected chi connectivity index (χ2v) is 2.90. The monoisotopic (exact) mass is 180 g/mol. The minimum absolute atomic E-state index is 0.671. The van der Waals surface area contributed by atoms with Crippen LogP contribution in [0.4, 0.5) is 0 Å². The first-order valence-corrected chi connectivity index (χ1v) is 4.32. The van der Waals surface area contributed by atoms with Gasteiger partial charge in [-0.25, -0.2) is 0 Å². The van der Waals surface area contributed by atoms with E-state index in [2.05, 4.69) is 11.1 Å².